The van der Waals surface area contributed by atoms with Gasteiger partial charge in [-0.25, -0.2) is 0 Å². The van der Waals surface area contributed by atoms with Crippen molar-refractivity contribution < 1.29 is 5.11 Å². The van der Waals surface area contributed by atoms with Gasteiger partial charge in [-0.15, -0.1) is 0 Å². The van der Waals surface area contributed by atoms with Gasteiger partial charge >= 0.3 is 0 Å². The molecule has 1 nitrogen and oxygen atoms in total. The lowest BCUT2D eigenvalue weighted by atomic mass is 9.70. The van der Waals surface area contributed by atoms with Gasteiger partial charge in [0.25, 0.3) is 0 Å². The molecule has 0 amide bonds. The second-order valence-corrected chi connectivity index (χ2v) is 12.9. The molecule has 6 unspecified atom stereocenters. The summed E-state index contributed by atoms with van der Waals surface area (Å²) in [6, 6.07) is 31.0. The highest BCUT2D eigenvalue weighted by atomic mass is 16.3. The molecule has 43 heavy (non-hydrogen) atoms. The molecule has 0 saturated carbocycles. The Morgan fingerprint density at radius 3 is 1.12 bits per heavy atom. The van der Waals surface area contributed by atoms with Crippen molar-refractivity contribution in [1.82, 2.24) is 0 Å². The van der Waals surface area contributed by atoms with Gasteiger partial charge in [-0.3, -0.25) is 0 Å². The standard InChI is InChI=1S/C42H54O/c1-10-33-19-13-16-22-36(33)27(4)28(5)39-25-26-40(43)42(32(9)30(7)38-24-18-15-21-35(38)12-3)41(39)31(8)29(6)37-23-17-14-20-34(37)11-2/h13-32,43H,10-12H2,1-9H3. The van der Waals surface area contributed by atoms with Crippen LogP contribution >= 0.6 is 0 Å². The Bertz CT molecular complexity index is 1500. The summed E-state index contributed by atoms with van der Waals surface area (Å²) in [6.45, 7) is 21.0. The maximum absolute atomic E-state index is 11.7. The van der Waals surface area contributed by atoms with Crippen molar-refractivity contribution in [3.63, 3.8) is 0 Å². The average Bonchev–Trinajstić information content (AvgIpc) is 3.05. The fraction of sp³-hybridized carbons (Fsp3) is 0.429. The topological polar surface area (TPSA) is 20.2 Å². The van der Waals surface area contributed by atoms with Crippen LogP contribution in [-0.2, 0) is 19.3 Å². The van der Waals surface area contributed by atoms with E-state index in [1.165, 1.54) is 44.5 Å². The van der Waals surface area contributed by atoms with Gasteiger partial charge in [0.15, 0.2) is 0 Å². The van der Waals surface area contributed by atoms with Crippen LogP contribution in [0.1, 0.15) is 148 Å². The van der Waals surface area contributed by atoms with Gasteiger partial charge in [-0.05, 0) is 105 Å². The number of aryl methyl sites for hydroxylation is 3. The van der Waals surface area contributed by atoms with E-state index in [1.54, 1.807) is 0 Å². The molecule has 0 aliphatic rings. The second-order valence-electron chi connectivity index (χ2n) is 12.9. The molecule has 0 spiro atoms. The van der Waals surface area contributed by atoms with E-state index < -0.39 is 0 Å². The number of hydrogen-bond donors (Lipinski definition) is 1. The smallest absolute Gasteiger partial charge is 0.119 e. The van der Waals surface area contributed by atoms with Crippen LogP contribution in [0.4, 0.5) is 0 Å². The van der Waals surface area contributed by atoms with E-state index in [4.69, 9.17) is 0 Å². The quantitative estimate of drug-likeness (QED) is 0.178. The summed E-state index contributed by atoms with van der Waals surface area (Å²) in [7, 11) is 0. The van der Waals surface area contributed by atoms with Crippen LogP contribution in [0.2, 0.25) is 0 Å². The summed E-state index contributed by atoms with van der Waals surface area (Å²) < 4.78 is 0. The zero-order valence-electron chi connectivity index (χ0n) is 28.1. The first-order chi connectivity index (χ1) is 20.7. The van der Waals surface area contributed by atoms with Crippen LogP contribution < -0.4 is 0 Å². The highest BCUT2D eigenvalue weighted by Crippen LogP contribution is 2.49. The van der Waals surface area contributed by atoms with Crippen molar-refractivity contribution in [2.24, 2.45) is 0 Å². The van der Waals surface area contributed by atoms with E-state index in [-0.39, 0.29) is 17.8 Å². The van der Waals surface area contributed by atoms with Crippen molar-refractivity contribution >= 4 is 0 Å². The zero-order valence-corrected chi connectivity index (χ0v) is 28.1. The molecule has 0 aliphatic heterocycles. The Morgan fingerprint density at radius 1 is 0.395 bits per heavy atom. The summed E-state index contributed by atoms with van der Waals surface area (Å²) in [5.41, 5.74) is 12.4. The Morgan fingerprint density at radius 2 is 0.721 bits per heavy atom. The van der Waals surface area contributed by atoms with Gasteiger partial charge in [0.1, 0.15) is 5.75 Å². The van der Waals surface area contributed by atoms with Crippen molar-refractivity contribution in [1.29, 1.82) is 0 Å². The lowest BCUT2D eigenvalue weighted by Crippen LogP contribution is -2.18. The fourth-order valence-electron chi connectivity index (χ4n) is 7.50. The van der Waals surface area contributed by atoms with Gasteiger partial charge in [0, 0.05) is 5.56 Å². The van der Waals surface area contributed by atoms with Crippen LogP contribution in [0.5, 0.6) is 5.75 Å². The van der Waals surface area contributed by atoms with E-state index >= 15 is 0 Å². The minimum absolute atomic E-state index is 0.157. The molecule has 4 aromatic carbocycles. The van der Waals surface area contributed by atoms with Gasteiger partial charge in [0.05, 0.1) is 0 Å². The lowest BCUT2D eigenvalue weighted by Gasteiger charge is -2.35. The monoisotopic (exact) mass is 574 g/mol. The summed E-state index contributed by atoms with van der Waals surface area (Å²) in [5.74, 6) is 2.06. The molecule has 0 bridgehead atoms. The summed E-state index contributed by atoms with van der Waals surface area (Å²) in [5, 5.41) is 11.7. The van der Waals surface area contributed by atoms with Crippen LogP contribution in [0.3, 0.4) is 0 Å². The molecule has 4 rings (SSSR count). The highest BCUT2D eigenvalue weighted by molar-refractivity contribution is 5.53. The molecule has 4 aromatic rings. The third-order valence-corrected chi connectivity index (χ3v) is 10.7. The van der Waals surface area contributed by atoms with Crippen molar-refractivity contribution in [3.8, 4) is 5.75 Å². The maximum Gasteiger partial charge on any atom is 0.119 e. The van der Waals surface area contributed by atoms with E-state index in [9.17, 15) is 5.11 Å². The molecule has 228 valence electrons. The minimum atomic E-state index is 0.157. The first-order valence-corrected chi connectivity index (χ1v) is 16.7. The molecular weight excluding hydrogens is 520 g/mol. The molecule has 0 saturated heterocycles. The number of hydrogen-bond acceptors (Lipinski definition) is 1. The Balaban J connectivity index is 1.92. The number of rotatable bonds is 12. The summed E-state index contributed by atoms with van der Waals surface area (Å²) in [4.78, 5) is 0. The van der Waals surface area contributed by atoms with Crippen molar-refractivity contribution in [2.75, 3.05) is 0 Å². The molecule has 0 heterocycles. The molecule has 6 atom stereocenters. The Labute approximate surface area is 262 Å². The van der Waals surface area contributed by atoms with Gasteiger partial charge in [-0.1, -0.05) is 141 Å². The first kappa shape index (κ1) is 32.6. The SMILES string of the molecule is CCc1ccccc1C(C)C(C)c1ccc(O)c(C(C)C(C)c2ccccc2CC)c1C(C)C(C)c1ccccc1CC. The molecule has 1 heteroatoms. The van der Waals surface area contributed by atoms with E-state index in [0.717, 1.165) is 24.8 Å². The van der Waals surface area contributed by atoms with Gasteiger partial charge in [-0.2, -0.15) is 0 Å². The average molecular weight is 575 g/mol. The number of aromatic hydroxyl groups is 1. The van der Waals surface area contributed by atoms with E-state index in [0.29, 0.717) is 23.5 Å². The third kappa shape index (κ3) is 6.62. The van der Waals surface area contributed by atoms with E-state index in [2.05, 4.69) is 141 Å². The minimum Gasteiger partial charge on any atom is -0.508 e. The predicted octanol–water partition coefficient (Wildman–Crippen LogP) is 11.8. The lowest BCUT2D eigenvalue weighted by molar-refractivity contribution is 0.449. The highest BCUT2D eigenvalue weighted by Gasteiger charge is 2.32. The number of benzene rings is 4. The Kier molecular flexibility index (Phi) is 10.9. The number of phenolic OH excluding ortho intramolecular Hbond substituents is 1. The molecule has 0 aromatic heterocycles. The Hall–Kier alpha value is -3.32. The normalized spacial score (nSPS) is 15.8. The van der Waals surface area contributed by atoms with Gasteiger partial charge < -0.3 is 5.11 Å². The van der Waals surface area contributed by atoms with Crippen molar-refractivity contribution in [2.45, 2.75) is 117 Å². The predicted molar refractivity (Wildman–Crippen MR) is 186 cm³/mol. The second kappa shape index (κ2) is 14.4. The van der Waals surface area contributed by atoms with Crippen molar-refractivity contribution in [3.05, 3.63) is 135 Å². The molecule has 1 N–H and O–H groups in total. The largest absolute Gasteiger partial charge is 0.508 e. The maximum atomic E-state index is 11.7. The van der Waals surface area contributed by atoms with E-state index in [1.807, 2.05) is 6.07 Å². The van der Waals surface area contributed by atoms with Crippen LogP contribution in [0, 0.1) is 0 Å². The molecule has 0 fully saturated rings. The van der Waals surface area contributed by atoms with Gasteiger partial charge in [0.2, 0.25) is 0 Å². The fourth-order valence-corrected chi connectivity index (χ4v) is 7.50. The van der Waals surface area contributed by atoms with Crippen LogP contribution in [0.25, 0.3) is 0 Å². The zero-order chi connectivity index (χ0) is 31.3. The molecular formula is C42H54O. The van der Waals surface area contributed by atoms with Crippen LogP contribution in [0.15, 0.2) is 84.9 Å². The molecule has 0 aliphatic carbocycles. The summed E-state index contributed by atoms with van der Waals surface area (Å²) >= 11 is 0. The number of phenols is 1. The third-order valence-electron chi connectivity index (χ3n) is 10.7. The van der Waals surface area contributed by atoms with Crippen LogP contribution in [-0.4, -0.2) is 5.11 Å². The first-order valence-electron chi connectivity index (χ1n) is 16.7. The summed E-state index contributed by atoms with van der Waals surface area (Å²) in [6.07, 6.45) is 3.07. The molecule has 0 radical (unpaired) electrons.